The zero-order valence-corrected chi connectivity index (χ0v) is 12.8. The van der Waals surface area contributed by atoms with Crippen LogP contribution in [-0.2, 0) is 6.54 Å². The van der Waals surface area contributed by atoms with Crippen LogP contribution in [0.15, 0.2) is 24.3 Å². The fourth-order valence-electron chi connectivity index (χ4n) is 2.67. The van der Waals surface area contributed by atoms with Gasteiger partial charge in [-0.1, -0.05) is 51.7 Å². The number of aryl methyl sites for hydroxylation is 1. The Labute approximate surface area is 122 Å². The van der Waals surface area contributed by atoms with E-state index >= 15 is 0 Å². The summed E-state index contributed by atoms with van der Waals surface area (Å²) in [5.74, 6) is 1.05. The van der Waals surface area contributed by atoms with Gasteiger partial charge in [-0.15, -0.1) is 0 Å². The van der Waals surface area contributed by atoms with Gasteiger partial charge in [-0.3, -0.25) is 0 Å². The van der Waals surface area contributed by atoms with Gasteiger partial charge in [0.1, 0.15) is 5.82 Å². The van der Waals surface area contributed by atoms with Crippen molar-refractivity contribution in [1.29, 1.82) is 0 Å². The number of para-hydroxylation sites is 2. The maximum atomic E-state index is 6.23. The molecule has 1 unspecified atom stereocenters. The maximum Gasteiger partial charge on any atom is 0.126 e. The number of nitrogens with zero attached hydrogens (tertiary/aromatic N) is 2. The minimum atomic E-state index is 0.0399. The molecule has 0 aliphatic carbocycles. The van der Waals surface area contributed by atoms with Crippen LogP contribution in [0.1, 0.15) is 64.2 Å². The second kappa shape index (κ2) is 7.44. The molecule has 0 saturated heterocycles. The van der Waals surface area contributed by atoms with Gasteiger partial charge in [-0.05, 0) is 25.0 Å². The first kappa shape index (κ1) is 15.0. The quantitative estimate of drug-likeness (QED) is 0.724. The number of aromatic nitrogens is 2. The van der Waals surface area contributed by atoms with E-state index in [0.29, 0.717) is 0 Å². The van der Waals surface area contributed by atoms with E-state index in [4.69, 9.17) is 10.7 Å². The summed E-state index contributed by atoms with van der Waals surface area (Å²) in [7, 11) is 0. The summed E-state index contributed by atoms with van der Waals surface area (Å²) >= 11 is 0. The van der Waals surface area contributed by atoms with Crippen LogP contribution in [0.25, 0.3) is 11.0 Å². The molecule has 3 heteroatoms. The van der Waals surface area contributed by atoms with Crippen LogP contribution in [0, 0.1) is 0 Å². The molecule has 110 valence electrons. The Kier molecular flexibility index (Phi) is 5.60. The van der Waals surface area contributed by atoms with Gasteiger partial charge in [0.15, 0.2) is 0 Å². The van der Waals surface area contributed by atoms with Crippen molar-refractivity contribution in [1.82, 2.24) is 9.55 Å². The van der Waals surface area contributed by atoms with Crippen LogP contribution in [0.3, 0.4) is 0 Å². The van der Waals surface area contributed by atoms with Gasteiger partial charge in [-0.25, -0.2) is 4.98 Å². The van der Waals surface area contributed by atoms with E-state index in [1.165, 1.54) is 37.6 Å². The normalized spacial score (nSPS) is 12.9. The van der Waals surface area contributed by atoms with Crippen molar-refractivity contribution in [2.24, 2.45) is 5.73 Å². The monoisotopic (exact) mass is 273 g/mol. The SMILES string of the molecule is CCCCCCCn1c(C(N)CC)nc2ccccc21. The van der Waals surface area contributed by atoms with Crippen LogP contribution < -0.4 is 5.73 Å². The highest BCUT2D eigenvalue weighted by Gasteiger charge is 2.14. The van der Waals surface area contributed by atoms with E-state index in [0.717, 1.165) is 24.3 Å². The van der Waals surface area contributed by atoms with Crippen molar-refractivity contribution in [3.63, 3.8) is 0 Å². The topological polar surface area (TPSA) is 43.8 Å². The molecule has 0 saturated carbocycles. The van der Waals surface area contributed by atoms with E-state index in [9.17, 15) is 0 Å². The Morgan fingerprint density at radius 3 is 2.60 bits per heavy atom. The number of fused-ring (bicyclic) bond motifs is 1. The molecule has 2 aromatic rings. The summed E-state index contributed by atoms with van der Waals surface area (Å²) < 4.78 is 2.33. The molecule has 2 N–H and O–H groups in total. The minimum Gasteiger partial charge on any atom is -0.327 e. The number of unbranched alkanes of at least 4 members (excludes halogenated alkanes) is 4. The standard InChI is InChI=1S/C17H27N3/c1-3-5-6-7-10-13-20-16-12-9-8-11-15(16)19-17(20)14(18)4-2/h8-9,11-12,14H,3-7,10,13,18H2,1-2H3. The van der Waals surface area contributed by atoms with Gasteiger partial charge in [0.25, 0.3) is 0 Å². The van der Waals surface area contributed by atoms with E-state index in [2.05, 4.69) is 36.6 Å². The van der Waals surface area contributed by atoms with E-state index < -0.39 is 0 Å². The van der Waals surface area contributed by atoms with Crippen LogP contribution in [0.4, 0.5) is 0 Å². The smallest absolute Gasteiger partial charge is 0.126 e. The molecular formula is C17H27N3. The highest BCUT2D eigenvalue weighted by Crippen LogP contribution is 2.22. The molecule has 1 atom stereocenters. The third-order valence-corrected chi connectivity index (χ3v) is 3.94. The largest absolute Gasteiger partial charge is 0.327 e. The van der Waals surface area contributed by atoms with Gasteiger partial charge in [-0.2, -0.15) is 0 Å². The molecule has 3 nitrogen and oxygen atoms in total. The second-order valence-corrected chi connectivity index (χ2v) is 5.54. The summed E-state index contributed by atoms with van der Waals surface area (Å²) in [4.78, 5) is 4.74. The Hall–Kier alpha value is -1.35. The fraction of sp³-hybridized carbons (Fsp3) is 0.588. The highest BCUT2D eigenvalue weighted by atomic mass is 15.1. The number of imidazole rings is 1. The van der Waals surface area contributed by atoms with Crippen LogP contribution >= 0.6 is 0 Å². The number of hydrogen-bond donors (Lipinski definition) is 1. The highest BCUT2D eigenvalue weighted by molar-refractivity contribution is 5.76. The molecule has 0 bridgehead atoms. The van der Waals surface area contributed by atoms with Crippen LogP contribution in [-0.4, -0.2) is 9.55 Å². The summed E-state index contributed by atoms with van der Waals surface area (Å²) in [6.07, 6.45) is 7.40. The molecule has 20 heavy (non-hydrogen) atoms. The lowest BCUT2D eigenvalue weighted by molar-refractivity contribution is 0.534. The molecule has 1 heterocycles. The van der Waals surface area contributed by atoms with Crippen molar-refractivity contribution in [2.45, 2.75) is 65.0 Å². The van der Waals surface area contributed by atoms with Crippen LogP contribution in [0.2, 0.25) is 0 Å². The van der Waals surface area contributed by atoms with Gasteiger partial charge >= 0.3 is 0 Å². The zero-order chi connectivity index (χ0) is 14.4. The van der Waals surface area contributed by atoms with Crippen molar-refractivity contribution < 1.29 is 0 Å². The molecule has 2 rings (SSSR count). The first-order valence-electron chi connectivity index (χ1n) is 7.98. The van der Waals surface area contributed by atoms with E-state index in [1.54, 1.807) is 0 Å². The molecular weight excluding hydrogens is 246 g/mol. The molecule has 0 radical (unpaired) electrons. The number of nitrogens with two attached hydrogens (primary N) is 1. The van der Waals surface area contributed by atoms with Gasteiger partial charge in [0.05, 0.1) is 17.1 Å². The first-order valence-corrected chi connectivity index (χ1v) is 7.98. The molecule has 0 fully saturated rings. The lowest BCUT2D eigenvalue weighted by Gasteiger charge is -2.13. The van der Waals surface area contributed by atoms with Crippen molar-refractivity contribution in [2.75, 3.05) is 0 Å². The van der Waals surface area contributed by atoms with E-state index in [1.807, 2.05) is 6.07 Å². The Morgan fingerprint density at radius 2 is 1.85 bits per heavy atom. The van der Waals surface area contributed by atoms with Crippen molar-refractivity contribution >= 4 is 11.0 Å². The zero-order valence-electron chi connectivity index (χ0n) is 12.8. The molecule has 0 aliphatic heterocycles. The summed E-state index contributed by atoms with van der Waals surface area (Å²) in [6.45, 7) is 5.41. The number of rotatable bonds is 8. The fourth-order valence-corrected chi connectivity index (χ4v) is 2.67. The lowest BCUT2D eigenvalue weighted by Crippen LogP contribution is -2.16. The van der Waals surface area contributed by atoms with Gasteiger partial charge < -0.3 is 10.3 Å². The predicted molar refractivity (Wildman–Crippen MR) is 85.7 cm³/mol. The number of benzene rings is 1. The lowest BCUT2D eigenvalue weighted by atomic mass is 10.1. The molecule has 1 aromatic carbocycles. The Morgan fingerprint density at radius 1 is 1.10 bits per heavy atom. The molecule has 0 amide bonds. The average molecular weight is 273 g/mol. The van der Waals surface area contributed by atoms with Crippen LogP contribution in [0.5, 0.6) is 0 Å². The predicted octanol–water partition coefficient (Wildman–Crippen LogP) is 4.42. The third-order valence-electron chi connectivity index (χ3n) is 3.94. The van der Waals surface area contributed by atoms with Crippen molar-refractivity contribution in [3.8, 4) is 0 Å². The maximum absolute atomic E-state index is 6.23. The minimum absolute atomic E-state index is 0.0399. The number of hydrogen-bond acceptors (Lipinski definition) is 2. The molecule has 0 aliphatic rings. The summed E-state index contributed by atoms with van der Waals surface area (Å²) in [6, 6.07) is 8.40. The summed E-state index contributed by atoms with van der Waals surface area (Å²) in [5, 5.41) is 0. The average Bonchev–Trinajstić information content (AvgIpc) is 2.85. The van der Waals surface area contributed by atoms with Crippen molar-refractivity contribution in [3.05, 3.63) is 30.1 Å². The molecule has 0 spiro atoms. The summed E-state index contributed by atoms with van der Waals surface area (Å²) in [5.41, 5.74) is 8.52. The second-order valence-electron chi connectivity index (χ2n) is 5.54. The van der Waals surface area contributed by atoms with E-state index in [-0.39, 0.29) is 6.04 Å². The van der Waals surface area contributed by atoms with Gasteiger partial charge in [0, 0.05) is 6.54 Å². The third kappa shape index (κ3) is 3.40. The van der Waals surface area contributed by atoms with Gasteiger partial charge in [0.2, 0.25) is 0 Å². The Balaban J connectivity index is 2.15. The first-order chi connectivity index (χ1) is 9.77. The molecule has 1 aromatic heterocycles. The Bertz CT molecular complexity index is 530.